The van der Waals surface area contributed by atoms with Crippen molar-refractivity contribution in [3.8, 4) is 0 Å². The van der Waals surface area contributed by atoms with E-state index >= 15 is 0 Å². The van der Waals surface area contributed by atoms with Crippen LogP contribution in [0.3, 0.4) is 0 Å². The Balaban J connectivity index is 1.69. The topological polar surface area (TPSA) is 29.1 Å². The lowest BCUT2D eigenvalue weighted by Crippen LogP contribution is -2.30. The molecule has 4 aromatic carbocycles. The van der Waals surface area contributed by atoms with E-state index in [0.717, 1.165) is 34.4 Å². The first kappa shape index (κ1) is 18.9. The summed E-state index contributed by atoms with van der Waals surface area (Å²) >= 11 is 0. The van der Waals surface area contributed by atoms with Crippen molar-refractivity contribution in [3.63, 3.8) is 0 Å². The fourth-order valence-electron chi connectivity index (χ4n) is 4.41. The fraction of sp³-hybridized carbons (Fsp3) is 0.111. The summed E-state index contributed by atoms with van der Waals surface area (Å²) in [7, 11) is -3.02. The van der Waals surface area contributed by atoms with Gasteiger partial charge in [-0.1, -0.05) is 103 Å². The molecule has 0 spiro atoms. The van der Waals surface area contributed by atoms with Gasteiger partial charge in [0.05, 0.1) is 6.04 Å². The van der Waals surface area contributed by atoms with Gasteiger partial charge in [-0.15, -0.1) is 0 Å². The highest BCUT2D eigenvalue weighted by Crippen LogP contribution is 2.47. The van der Waals surface area contributed by atoms with Crippen LogP contribution in [0.4, 0.5) is 5.69 Å². The maximum absolute atomic E-state index is 14.9. The molecule has 0 bridgehead atoms. The van der Waals surface area contributed by atoms with Gasteiger partial charge in [-0.25, -0.2) is 0 Å². The number of hydrogen-bond donors (Lipinski definition) is 1. The molecule has 1 aliphatic rings. The third-order valence-corrected chi connectivity index (χ3v) is 9.03. The van der Waals surface area contributed by atoms with Gasteiger partial charge in [-0.05, 0) is 30.0 Å². The summed E-state index contributed by atoms with van der Waals surface area (Å²) in [5.74, 6) is 0. The maximum Gasteiger partial charge on any atom is 0.173 e. The largest absolute Gasteiger partial charge is 0.377 e. The van der Waals surface area contributed by atoms with E-state index < -0.39 is 7.14 Å². The molecule has 0 saturated heterocycles. The molecule has 2 nitrogen and oxygen atoms in total. The van der Waals surface area contributed by atoms with Crippen LogP contribution < -0.4 is 21.2 Å². The summed E-state index contributed by atoms with van der Waals surface area (Å²) in [5.41, 5.74) is 3.55. The zero-order valence-electron chi connectivity index (χ0n) is 16.7. The second-order valence-electron chi connectivity index (χ2n) is 7.74. The number of fused-ring (bicyclic) bond motifs is 1. The van der Waals surface area contributed by atoms with Crippen molar-refractivity contribution in [2.24, 2.45) is 0 Å². The number of rotatable bonds is 4. The van der Waals surface area contributed by atoms with Crippen molar-refractivity contribution in [2.75, 3.05) is 5.32 Å². The van der Waals surface area contributed by atoms with E-state index in [-0.39, 0.29) is 6.04 Å². The Hall–Kier alpha value is -3.09. The predicted octanol–water partition coefficient (Wildman–Crippen LogP) is 5.43. The average Bonchev–Trinajstić information content (AvgIpc) is 2.84. The highest BCUT2D eigenvalue weighted by Gasteiger charge is 2.34. The number of nitrogens with one attached hydrogen (secondary N) is 1. The van der Waals surface area contributed by atoms with Crippen LogP contribution in [0.5, 0.6) is 0 Å². The Kier molecular flexibility index (Phi) is 5.02. The summed E-state index contributed by atoms with van der Waals surface area (Å²) in [6, 6.07) is 36.8. The summed E-state index contributed by atoms with van der Waals surface area (Å²) in [6.45, 7) is 0. The highest BCUT2D eigenvalue weighted by atomic mass is 31.2. The van der Waals surface area contributed by atoms with Gasteiger partial charge in [0.2, 0.25) is 0 Å². The second-order valence-corrected chi connectivity index (χ2v) is 10.5. The molecule has 1 N–H and O–H groups in total. The highest BCUT2D eigenvalue weighted by molar-refractivity contribution is 7.85. The first-order chi connectivity index (χ1) is 14.8. The number of benzene rings is 4. The maximum atomic E-state index is 14.9. The molecule has 0 aromatic heterocycles. The van der Waals surface area contributed by atoms with E-state index in [0.29, 0.717) is 0 Å². The summed E-state index contributed by atoms with van der Waals surface area (Å²) in [6.07, 6.45) is 2.00. The molecule has 1 unspecified atom stereocenters. The van der Waals surface area contributed by atoms with E-state index in [1.807, 2.05) is 72.8 Å². The quantitative estimate of drug-likeness (QED) is 0.456. The second kappa shape index (κ2) is 7.97. The van der Waals surface area contributed by atoms with Gasteiger partial charge < -0.3 is 9.88 Å². The molecule has 4 aromatic rings. The smallest absolute Gasteiger partial charge is 0.173 e. The Bertz CT molecular complexity index is 1150. The summed E-state index contributed by atoms with van der Waals surface area (Å²) < 4.78 is 14.9. The van der Waals surface area contributed by atoms with Crippen LogP contribution >= 0.6 is 7.14 Å². The average molecular weight is 409 g/mol. The zero-order valence-corrected chi connectivity index (χ0v) is 17.6. The lowest BCUT2D eigenvalue weighted by Gasteiger charge is -2.32. The number of hydrogen-bond acceptors (Lipinski definition) is 2. The molecule has 1 aliphatic heterocycles. The van der Waals surface area contributed by atoms with E-state index in [9.17, 15) is 4.57 Å². The van der Waals surface area contributed by atoms with E-state index in [4.69, 9.17) is 0 Å². The fourth-order valence-corrected chi connectivity index (χ4v) is 7.27. The Morgan fingerprint density at radius 1 is 0.667 bits per heavy atom. The Morgan fingerprint density at radius 2 is 1.23 bits per heavy atom. The molecule has 0 amide bonds. The van der Waals surface area contributed by atoms with Gasteiger partial charge in [-0.3, -0.25) is 0 Å². The van der Waals surface area contributed by atoms with E-state index in [1.165, 1.54) is 11.1 Å². The minimum Gasteiger partial charge on any atom is -0.377 e. The van der Waals surface area contributed by atoms with E-state index in [1.54, 1.807) is 0 Å². The molecule has 1 atom stereocenters. The Labute approximate surface area is 178 Å². The van der Waals surface area contributed by atoms with E-state index in [2.05, 4.69) is 41.7 Å². The van der Waals surface area contributed by atoms with Crippen LogP contribution in [-0.2, 0) is 11.0 Å². The minimum atomic E-state index is -3.02. The van der Waals surface area contributed by atoms with Crippen LogP contribution in [0, 0.1) is 0 Å². The molecular formula is C27H24NOP. The lowest BCUT2D eigenvalue weighted by atomic mass is 9.93. The van der Waals surface area contributed by atoms with Gasteiger partial charge in [-0.2, -0.15) is 0 Å². The van der Waals surface area contributed by atoms with Gasteiger partial charge in [0.25, 0.3) is 0 Å². The monoisotopic (exact) mass is 409 g/mol. The summed E-state index contributed by atoms with van der Waals surface area (Å²) in [4.78, 5) is 0. The normalized spacial score (nSPS) is 15.8. The van der Waals surface area contributed by atoms with Crippen molar-refractivity contribution < 1.29 is 4.57 Å². The predicted molar refractivity (Wildman–Crippen MR) is 127 cm³/mol. The molecule has 0 fully saturated rings. The first-order valence-electron chi connectivity index (χ1n) is 10.4. The third-order valence-electron chi connectivity index (χ3n) is 5.93. The van der Waals surface area contributed by atoms with Crippen molar-refractivity contribution >= 4 is 28.7 Å². The van der Waals surface area contributed by atoms with Crippen molar-refractivity contribution in [1.29, 1.82) is 0 Å². The van der Waals surface area contributed by atoms with Crippen molar-refractivity contribution in [1.82, 2.24) is 0 Å². The molecule has 3 heteroatoms. The third kappa shape index (κ3) is 3.28. The van der Waals surface area contributed by atoms with Crippen LogP contribution in [0.2, 0.25) is 0 Å². The minimum absolute atomic E-state index is 0.222. The first-order valence-corrected chi connectivity index (χ1v) is 12.1. The molecule has 0 saturated carbocycles. The van der Waals surface area contributed by atoms with Gasteiger partial charge in [0.1, 0.15) is 0 Å². The zero-order chi connectivity index (χ0) is 20.4. The number of anilines is 1. The molecule has 30 heavy (non-hydrogen) atoms. The van der Waals surface area contributed by atoms with Crippen LogP contribution in [0.25, 0.3) is 0 Å². The molecule has 0 aliphatic carbocycles. The molecule has 5 rings (SSSR count). The van der Waals surface area contributed by atoms with Gasteiger partial charge >= 0.3 is 0 Å². The SMILES string of the molecule is O=P(c1ccccc1)(c1ccccc1)c1cccc2c1NC(c1ccccc1)CC2. The number of aryl methyl sites for hydroxylation is 1. The molecule has 0 radical (unpaired) electrons. The van der Waals surface area contributed by atoms with Gasteiger partial charge in [0.15, 0.2) is 7.14 Å². The van der Waals surface area contributed by atoms with Crippen LogP contribution in [0.15, 0.2) is 109 Å². The molecule has 1 heterocycles. The molecular weight excluding hydrogens is 385 g/mol. The van der Waals surface area contributed by atoms with Gasteiger partial charge in [0, 0.05) is 21.6 Å². The number of para-hydroxylation sites is 1. The summed E-state index contributed by atoms with van der Waals surface area (Å²) in [5, 5.41) is 6.39. The van der Waals surface area contributed by atoms with Crippen LogP contribution in [-0.4, -0.2) is 0 Å². The van der Waals surface area contributed by atoms with Crippen LogP contribution in [0.1, 0.15) is 23.6 Å². The standard InChI is InChI=1S/C27H24NOP/c29-30(23-14-6-2-7-15-23,24-16-8-3-9-17-24)26-18-10-13-22-19-20-25(28-27(22)26)21-11-4-1-5-12-21/h1-18,25,28H,19-20H2. The van der Waals surface area contributed by atoms with Crippen molar-refractivity contribution in [2.45, 2.75) is 18.9 Å². The Morgan fingerprint density at radius 3 is 1.83 bits per heavy atom. The lowest BCUT2D eigenvalue weighted by molar-refractivity contribution is 0.592. The van der Waals surface area contributed by atoms with Crippen molar-refractivity contribution in [3.05, 3.63) is 120 Å². The molecule has 148 valence electrons.